The second-order valence-electron chi connectivity index (χ2n) is 2.33. The smallest absolute Gasteiger partial charge is 0.0449 e. The van der Waals surface area contributed by atoms with Crippen molar-refractivity contribution in [1.82, 2.24) is 0 Å². The van der Waals surface area contributed by atoms with Gasteiger partial charge in [0, 0.05) is 14.8 Å². The van der Waals surface area contributed by atoms with Crippen LogP contribution in [-0.2, 0) is 5.33 Å². The molecular weight excluding hydrogens is 291 g/mol. The highest BCUT2D eigenvalue weighted by Crippen LogP contribution is 2.26. The highest BCUT2D eigenvalue weighted by atomic mass is 79.9. The normalized spacial score (nSPS) is 10.2. The maximum absolute atomic E-state index is 5.95. The molecule has 0 saturated heterocycles. The first kappa shape index (κ1) is 9.56. The van der Waals surface area contributed by atoms with Crippen molar-refractivity contribution in [2.45, 2.75) is 12.3 Å². The van der Waals surface area contributed by atoms with Crippen LogP contribution in [-0.4, -0.2) is 0 Å². The van der Waals surface area contributed by atoms with Crippen LogP contribution < -0.4 is 0 Å². The van der Waals surface area contributed by atoms with Gasteiger partial charge in [0.25, 0.3) is 0 Å². The monoisotopic (exact) mass is 296 g/mol. The van der Waals surface area contributed by atoms with Crippen molar-refractivity contribution in [2.75, 3.05) is 0 Å². The molecule has 0 aliphatic rings. The van der Waals surface area contributed by atoms with Crippen LogP contribution >= 0.6 is 43.5 Å². The Morgan fingerprint density at radius 2 is 2.09 bits per heavy atom. The third kappa shape index (κ3) is 2.20. The molecule has 0 spiro atoms. The van der Waals surface area contributed by atoms with Crippen LogP contribution in [0.2, 0.25) is 5.02 Å². The van der Waals surface area contributed by atoms with E-state index in [2.05, 4.69) is 31.9 Å². The maximum atomic E-state index is 5.95. The topological polar surface area (TPSA) is 0 Å². The molecule has 60 valence electrons. The highest BCUT2D eigenvalue weighted by Gasteiger charge is 2.01. The Bertz CT molecular complexity index is 271. The second-order valence-corrected chi connectivity index (χ2v) is 4.15. The van der Waals surface area contributed by atoms with Crippen LogP contribution in [0, 0.1) is 6.92 Å². The molecule has 0 N–H and O–H groups in total. The first-order chi connectivity index (χ1) is 5.15. The SMILES string of the molecule is Cc1cc(Cl)c(CBr)cc1Br. The fraction of sp³-hybridized carbons (Fsp3) is 0.250. The van der Waals surface area contributed by atoms with E-state index in [1.807, 2.05) is 19.1 Å². The molecule has 0 bridgehead atoms. The van der Waals surface area contributed by atoms with Gasteiger partial charge in [-0.1, -0.05) is 43.5 Å². The lowest BCUT2D eigenvalue weighted by molar-refractivity contribution is 1.35. The van der Waals surface area contributed by atoms with Crippen LogP contribution in [0.1, 0.15) is 11.1 Å². The summed E-state index contributed by atoms with van der Waals surface area (Å²) in [7, 11) is 0. The van der Waals surface area contributed by atoms with Crippen molar-refractivity contribution in [3.8, 4) is 0 Å². The number of hydrogen-bond donors (Lipinski definition) is 0. The fourth-order valence-corrected chi connectivity index (χ4v) is 2.09. The Balaban J connectivity index is 3.21. The molecule has 0 aliphatic heterocycles. The van der Waals surface area contributed by atoms with Gasteiger partial charge < -0.3 is 0 Å². The molecule has 0 nitrogen and oxygen atoms in total. The zero-order valence-electron chi connectivity index (χ0n) is 6.00. The summed E-state index contributed by atoms with van der Waals surface area (Å²) in [5.41, 5.74) is 2.28. The Morgan fingerprint density at radius 1 is 1.45 bits per heavy atom. The van der Waals surface area contributed by atoms with E-state index in [0.717, 1.165) is 20.4 Å². The molecular formula is C8H7Br2Cl. The number of hydrogen-bond acceptors (Lipinski definition) is 0. The first-order valence-electron chi connectivity index (χ1n) is 3.15. The van der Waals surface area contributed by atoms with Crippen molar-refractivity contribution >= 4 is 43.5 Å². The summed E-state index contributed by atoms with van der Waals surface area (Å²) in [6.07, 6.45) is 0. The molecule has 1 aromatic rings. The van der Waals surface area contributed by atoms with Gasteiger partial charge in [0.1, 0.15) is 0 Å². The van der Waals surface area contributed by atoms with E-state index < -0.39 is 0 Å². The molecule has 0 aromatic heterocycles. The van der Waals surface area contributed by atoms with E-state index in [0.29, 0.717) is 0 Å². The van der Waals surface area contributed by atoms with Gasteiger partial charge in [-0.2, -0.15) is 0 Å². The summed E-state index contributed by atoms with van der Waals surface area (Å²) in [5, 5.41) is 1.62. The molecule has 3 heteroatoms. The van der Waals surface area contributed by atoms with Crippen molar-refractivity contribution in [3.63, 3.8) is 0 Å². The summed E-state index contributed by atoms with van der Waals surface area (Å²) < 4.78 is 1.11. The molecule has 0 heterocycles. The van der Waals surface area contributed by atoms with Gasteiger partial charge in [0.2, 0.25) is 0 Å². The van der Waals surface area contributed by atoms with E-state index in [1.54, 1.807) is 0 Å². The quantitative estimate of drug-likeness (QED) is 0.678. The molecule has 1 aromatic carbocycles. The van der Waals surface area contributed by atoms with Crippen LogP contribution in [0.5, 0.6) is 0 Å². The fourth-order valence-electron chi connectivity index (χ4n) is 0.790. The lowest BCUT2D eigenvalue weighted by Crippen LogP contribution is -1.83. The van der Waals surface area contributed by atoms with Crippen molar-refractivity contribution in [2.24, 2.45) is 0 Å². The molecule has 11 heavy (non-hydrogen) atoms. The Morgan fingerprint density at radius 3 is 2.64 bits per heavy atom. The summed E-state index contributed by atoms with van der Waals surface area (Å²) in [5.74, 6) is 0. The maximum Gasteiger partial charge on any atom is 0.0449 e. The average Bonchev–Trinajstić information content (AvgIpc) is 1.97. The second kappa shape index (κ2) is 3.92. The van der Waals surface area contributed by atoms with E-state index in [9.17, 15) is 0 Å². The zero-order valence-corrected chi connectivity index (χ0v) is 9.92. The summed E-state index contributed by atoms with van der Waals surface area (Å²) >= 11 is 12.8. The Kier molecular flexibility index (Phi) is 3.41. The van der Waals surface area contributed by atoms with Crippen LogP contribution in [0.3, 0.4) is 0 Å². The number of aryl methyl sites for hydroxylation is 1. The van der Waals surface area contributed by atoms with Gasteiger partial charge >= 0.3 is 0 Å². The minimum atomic E-state index is 0.796. The molecule has 0 aliphatic carbocycles. The third-order valence-corrected chi connectivity index (χ3v) is 3.28. The molecule has 0 unspecified atom stereocenters. The van der Waals surface area contributed by atoms with Gasteiger partial charge in [-0.15, -0.1) is 0 Å². The van der Waals surface area contributed by atoms with E-state index >= 15 is 0 Å². The van der Waals surface area contributed by atoms with Gasteiger partial charge in [0.05, 0.1) is 0 Å². The summed E-state index contributed by atoms with van der Waals surface area (Å²) in [4.78, 5) is 0. The Hall–Kier alpha value is 0.470. The third-order valence-electron chi connectivity index (χ3n) is 1.47. The van der Waals surface area contributed by atoms with Gasteiger partial charge in [0.15, 0.2) is 0 Å². The van der Waals surface area contributed by atoms with Gasteiger partial charge in [-0.3, -0.25) is 0 Å². The largest absolute Gasteiger partial charge is 0.0876 e. The Labute approximate surface area is 88.2 Å². The van der Waals surface area contributed by atoms with Gasteiger partial charge in [-0.25, -0.2) is 0 Å². The minimum absolute atomic E-state index is 0.796. The zero-order chi connectivity index (χ0) is 8.43. The number of halogens is 3. The predicted octanol–water partition coefficient (Wildman–Crippen LogP) is 4.31. The summed E-state index contributed by atoms with van der Waals surface area (Å²) in [6, 6.07) is 3.99. The van der Waals surface area contributed by atoms with Crippen LogP contribution in [0.4, 0.5) is 0 Å². The molecule has 0 fully saturated rings. The predicted molar refractivity (Wildman–Crippen MR) is 56.5 cm³/mol. The lowest BCUT2D eigenvalue weighted by atomic mass is 10.2. The van der Waals surface area contributed by atoms with Crippen molar-refractivity contribution in [3.05, 3.63) is 32.8 Å². The molecule has 0 atom stereocenters. The number of rotatable bonds is 1. The van der Waals surface area contributed by atoms with Crippen LogP contribution in [0.15, 0.2) is 16.6 Å². The molecule has 0 amide bonds. The number of benzene rings is 1. The van der Waals surface area contributed by atoms with Crippen molar-refractivity contribution in [1.29, 1.82) is 0 Å². The van der Waals surface area contributed by atoms with Gasteiger partial charge in [-0.05, 0) is 30.2 Å². The minimum Gasteiger partial charge on any atom is -0.0876 e. The molecule has 1 rings (SSSR count). The van der Waals surface area contributed by atoms with E-state index in [4.69, 9.17) is 11.6 Å². The van der Waals surface area contributed by atoms with E-state index in [-0.39, 0.29) is 0 Å². The number of alkyl halides is 1. The standard InChI is InChI=1S/C8H7Br2Cl/c1-5-2-8(11)6(4-9)3-7(5)10/h2-3H,4H2,1H3. The molecule has 0 radical (unpaired) electrons. The first-order valence-corrected chi connectivity index (χ1v) is 5.45. The molecule has 0 saturated carbocycles. The van der Waals surface area contributed by atoms with Crippen molar-refractivity contribution < 1.29 is 0 Å². The highest BCUT2D eigenvalue weighted by molar-refractivity contribution is 9.10. The average molecular weight is 298 g/mol. The van der Waals surface area contributed by atoms with E-state index in [1.165, 1.54) is 5.56 Å². The lowest BCUT2D eigenvalue weighted by Gasteiger charge is -2.03. The summed E-state index contributed by atoms with van der Waals surface area (Å²) in [6.45, 7) is 2.02. The van der Waals surface area contributed by atoms with Crippen LogP contribution in [0.25, 0.3) is 0 Å².